The van der Waals surface area contributed by atoms with Gasteiger partial charge in [0.15, 0.2) is 0 Å². The molecule has 3 heterocycles. The summed E-state index contributed by atoms with van der Waals surface area (Å²) in [6, 6.07) is 8.22. The number of halogens is 1. The number of para-hydroxylation sites is 1. The monoisotopic (exact) mass is 315 g/mol. The Labute approximate surface area is 134 Å². The molecule has 0 saturated carbocycles. The van der Waals surface area contributed by atoms with Gasteiger partial charge in [-0.2, -0.15) is 0 Å². The van der Waals surface area contributed by atoms with Gasteiger partial charge in [-0.25, -0.2) is 9.97 Å². The molecule has 1 fully saturated rings. The summed E-state index contributed by atoms with van der Waals surface area (Å²) >= 11 is 6.34. The molecule has 5 heteroatoms. The largest absolute Gasteiger partial charge is 0.354 e. The molecule has 1 aromatic carbocycles. The smallest absolute Gasteiger partial charge is 0.148 e. The van der Waals surface area contributed by atoms with Crippen molar-refractivity contribution in [3.63, 3.8) is 0 Å². The van der Waals surface area contributed by atoms with Crippen LogP contribution in [0.4, 0.5) is 0 Å². The van der Waals surface area contributed by atoms with Gasteiger partial charge in [-0.05, 0) is 24.8 Å². The highest BCUT2D eigenvalue weighted by Crippen LogP contribution is 2.40. The maximum atomic E-state index is 6.34. The van der Waals surface area contributed by atoms with Gasteiger partial charge in [-0.1, -0.05) is 43.6 Å². The minimum absolute atomic E-state index is 0.00770. The van der Waals surface area contributed by atoms with Crippen LogP contribution in [-0.4, -0.2) is 20.6 Å². The minimum atomic E-state index is 0.00770. The van der Waals surface area contributed by atoms with E-state index >= 15 is 0 Å². The van der Waals surface area contributed by atoms with Crippen molar-refractivity contribution >= 4 is 33.5 Å². The average molecular weight is 316 g/mol. The van der Waals surface area contributed by atoms with Crippen LogP contribution in [0.5, 0.6) is 0 Å². The normalized spacial score (nSPS) is 25.3. The van der Waals surface area contributed by atoms with Crippen molar-refractivity contribution in [3.8, 4) is 0 Å². The third-order valence-corrected chi connectivity index (χ3v) is 4.96. The SMILES string of the molecule is CC[C@H]1O[C@@H](n2c3ccccc3c3c(Cl)ncnc32)CC1C. The minimum Gasteiger partial charge on any atom is -0.354 e. The predicted molar refractivity (Wildman–Crippen MR) is 88.0 cm³/mol. The van der Waals surface area contributed by atoms with Crippen LogP contribution in [0.1, 0.15) is 32.9 Å². The van der Waals surface area contributed by atoms with Gasteiger partial charge in [-0.3, -0.25) is 4.57 Å². The van der Waals surface area contributed by atoms with E-state index < -0.39 is 0 Å². The standard InChI is InChI=1S/C17H18ClN3O/c1-3-13-10(2)8-14(22-13)21-12-7-5-4-6-11(12)15-16(18)19-9-20-17(15)21/h4-7,9-10,13-14H,3,8H2,1-2H3/t10?,13-,14-/m1/s1. The lowest BCUT2D eigenvalue weighted by molar-refractivity contribution is -0.000572. The lowest BCUT2D eigenvalue weighted by Gasteiger charge is -2.16. The molecule has 0 spiro atoms. The molecule has 1 saturated heterocycles. The summed E-state index contributed by atoms with van der Waals surface area (Å²) in [5.74, 6) is 0.545. The Hall–Kier alpha value is -1.65. The van der Waals surface area contributed by atoms with Gasteiger partial charge in [0.2, 0.25) is 0 Å². The van der Waals surface area contributed by atoms with Crippen LogP contribution < -0.4 is 0 Å². The summed E-state index contributed by atoms with van der Waals surface area (Å²) in [6.45, 7) is 4.43. The van der Waals surface area contributed by atoms with Crippen LogP contribution in [0, 0.1) is 5.92 Å². The highest BCUT2D eigenvalue weighted by molar-refractivity contribution is 6.36. The van der Waals surface area contributed by atoms with E-state index in [1.54, 1.807) is 0 Å². The van der Waals surface area contributed by atoms with Gasteiger partial charge >= 0.3 is 0 Å². The van der Waals surface area contributed by atoms with E-state index in [4.69, 9.17) is 16.3 Å². The zero-order chi connectivity index (χ0) is 15.3. The van der Waals surface area contributed by atoms with Gasteiger partial charge in [0.05, 0.1) is 17.0 Å². The highest BCUT2D eigenvalue weighted by Gasteiger charge is 2.34. The lowest BCUT2D eigenvalue weighted by Crippen LogP contribution is -2.12. The molecular weight excluding hydrogens is 298 g/mol. The van der Waals surface area contributed by atoms with Gasteiger partial charge < -0.3 is 4.74 Å². The van der Waals surface area contributed by atoms with Crippen LogP contribution in [0.15, 0.2) is 30.6 Å². The number of rotatable bonds is 2. The molecule has 0 radical (unpaired) electrons. The van der Waals surface area contributed by atoms with Crippen LogP contribution in [-0.2, 0) is 4.74 Å². The average Bonchev–Trinajstić information content (AvgIpc) is 3.05. The van der Waals surface area contributed by atoms with Crippen molar-refractivity contribution in [2.75, 3.05) is 0 Å². The predicted octanol–water partition coefficient (Wildman–Crippen LogP) is 4.57. The molecule has 0 amide bonds. The molecule has 4 nitrogen and oxygen atoms in total. The number of ether oxygens (including phenoxy) is 1. The van der Waals surface area contributed by atoms with Gasteiger partial charge in [0, 0.05) is 5.39 Å². The second kappa shape index (κ2) is 5.21. The molecule has 2 aromatic heterocycles. The van der Waals surface area contributed by atoms with Crippen molar-refractivity contribution in [3.05, 3.63) is 35.7 Å². The summed E-state index contributed by atoms with van der Waals surface area (Å²) < 4.78 is 8.47. The fraction of sp³-hybridized carbons (Fsp3) is 0.412. The molecule has 4 rings (SSSR count). The third kappa shape index (κ3) is 1.94. The van der Waals surface area contributed by atoms with E-state index in [2.05, 4.69) is 40.5 Å². The second-order valence-electron chi connectivity index (χ2n) is 6.00. The number of hydrogen-bond donors (Lipinski definition) is 0. The lowest BCUT2D eigenvalue weighted by atomic mass is 10.0. The molecule has 3 aromatic rings. The number of nitrogens with zero attached hydrogens (tertiary/aromatic N) is 3. The first-order valence-electron chi connectivity index (χ1n) is 7.75. The van der Waals surface area contributed by atoms with Crippen LogP contribution in [0.2, 0.25) is 5.15 Å². The summed E-state index contributed by atoms with van der Waals surface area (Å²) in [7, 11) is 0. The van der Waals surface area contributed by atoms with Crippen molar-refractivity contribution in [2.24, 2.45) is 5.92 Å². The molecule has 114 valence electrons. The summed E-state index contributed by atoms with van der Waals surface area (Å²) in [5.41, 5.74) is 1.96. The van der Waals surface area contributed by atoms with Gasteiger partial charge in [0.1, 0.15) is 23.4 Å². The van der Waals surface area contributed by atoms with Crippen molar-refractivity contribution in [1.29, 1.82) is 0 Å². The molecule has 1 aliphatic rings. The Morgan fingerprint density at radius 3 is 2.91 bits per heavy atom. The molecule has 22 heavy (non-hydrogen) atoms. The van der Waals surface area contributed by atoms with E-state index in [-0.39, 0.29) is 6.23 Å². The maximum absolute atomic E-state index is 6.34. The van der Waals surface area contributed by atoms with E-state index in [0.717, 1.165) is 34.8 Å². The topological polar surface area (TPSA) is 39.9 Å². The summed E-state index contributed by atoms with van der Waals surface area (Å²) in [6.07, 6.45) is 3.86. The molecule has 0 aliphatic carbocycles. The highest BCUT2D eigenvalue weighted by atomic mass is 35.5. The van der Waals surface area contributed by atoms with Crippen LogP contribution in [0.25, 0.3) is 21.9 Å². The molecule has 0 bridgehead atoms. The Morgan fingerprint density at radius 1 is 1.32 bits per heavy atom. The first kappa shape index (κ1) is 14.0. The second-order valence-corrected chi connectivity index (χ2v) is 6.36. The van der Waals surface area contributed by atoms with Crippen molar-refractivity contribution < 1.29 is 4.74 Å². The Bertz CT molecular complexity index is 844. The molecule has 1 unspecified atom stereocenters. The number of fused-ring (bicyclic) bond motifs is 3. The Balaban J connectivity index is 1.98. The van der Waals surface area contributed by atoms with Crippen LogP contribution in [0.3, 0.4) is 0 Å². The summed E-state index contributed by atoms with van der Waals surface area (Å²) in [4.78, 5) is 8.63. The molecule has 1 aliphatic heterocycles. The summed E-state index contributed by atoms with van der Waals surface area (Å²) in [5, 5.41) is 2.49. The van der Waals surface area contributed by atoms with Crippen molar-refractivity contribution in [1.82, 2.24) is 14.5 Å². The number of hydrogen-bond acceptors (Lipinski definition) is 3. The third-order valence-electron chi connectivity index (χ3n) is 4.67. The van der Waals surface area contributed by atoms with Gasteiger partial charge in [-0.15, -0.1) is 0 Å². The molecule has 3 atom stereocenters. The fourth-order valence-corrected chi connectivity index (χ4v) is 3.83. The quantitative estimate of drug-likeness (QED) is 0.650. The first-order valence-corrected chi connectivity index (χ1v) is 8.13. The molecule has 0 N–H and O–H groups in total. The van der Waals surface area contributed by atoms with E-state index in [1.165, 1.54) is 6.33 Å². The Kier molecular flexibility index (Phi) is 3.31. The first-order chi connectivity index (χ1) is 10.7. The maximum Gasteiger partial charge on any atom is 0.148 e. The number of aromatic nitrogens is 3. The van der Waals surface area contributed by atoms with E-state index in [9.17, 15) is 0 Å². The van der Waals surface area contributed by atoms with E-state index in [0.29, 0.717) is 17.2 Å². The van der Waals surface area contributed by atoms with Crippen LogP contribution >= 0.6 is 11.6 Å². The molecular formula is C17H18ClN3O. The number of benzene rings is 1. The van der Waals surface area contributed by atoms with Crippen molar-refractivity contribution in [2.45, 2.75) is 39.0 Å². The van der Waals surface area contributed by atoms with E-state index in [1.807, 2.05) is 12.1 Å². The fourth-order valence-electron chi connectivity index (χ4n) is 3.60. The zero-order valence-electron chi connectivity index (χ0n) is 12.7. The Morgan fingerprint density at radius 2 is 2.14 bits per heavy atom. The van der Waals surface area contributed by atoms with Gasteiger partial charge in [0.25, 0.3) is 0 Å². The zero-order valence-corrected chi connectivity index (χ0v) is 13.4.